The Morgan fingerprint density at radius 2 is 1.63 bits per heavy atom. The van der Waals surface area contributed by atoms with Crippen LogP contribution in [0.2, 0.25) is 0 Å². The van der Waals surface area contributed by atoms with Crippen LogP contribution in [-0.2, 0) is 9.59 Å². The molecule has 0 bridgehead atoms. The summed E-state index contributed by atoms with van der Waals surface area (Å²) in [7, 11) is 3.18. The lowest BCUT2D eigenvalue weighted by Gasteiger charge is -2.36. The Morgan fingerprint density at radius 1 is 0.947 bits per heavy atom. The van der Waals surface area contributed by atoms with Crippen LogP contribution in [0.15, 0.2) is 78.0 Å². The van der Waals surface area contributed by atoms with E-state index in [1.165, 1.54) is 12.1 Å². The highest BCUT2D eigenvalue weighted by atomic mass is 19.1. The number of fused-ring (bicyclic) bond motifs is 1. The molecular formula is C31H31FN2O4. The summed E-state index contributed by atoms with van der Waals surface area (Å²) >= 11 is 0. The highest BCUT2D eigenvalue weighted by molar-refractivity contribution is 6.06. The molecule has 0 fully saturated rings. The molecule has 0 unspecified atom stereocenters. The Morgan fingerprint density at radius 3 is 2.32 bits per heavy atom. The van der Waals surface area contributed by atoms with Crippen molar-refractivity contribution in [3.8, 4) is 11.5 Å². The number of halogens is 1. The van der Waals surface area contributed by atoms with Crippen LogP contribution in [0, 0.1) is 11.7 Å². The summed E-state index contributed by atoms with van der Waals surface area (Å²) < 4.78 is 24.8. The van der Waals surface area contributed by atoms with E-state index in [2.05, 4.69) is 5.32 Å². The molecule has 0 spiro atoms. The number of nitrogens with zero attached hydrogens (tertiary/aromatic N) is 1. The molecule has 1 aliphatic heterocycles. The highest BCUT2D eigenvalue weighted by Crippen LogP contribution is 2.48. The number of allylic oxidation sites excluding steroid dienone is 1. The Labute approximate surface area is 222 Å². The van der Waals surface area contributed by atoms with E-state index < -0.39 is 6.04 Å². The van der Waals surface area contributed by atoms with Crippen LogP contribution in [-0.4, -0.2) is 25.9 Å². The first kappa shape index (κ1) is 25.5. The third-order valence-electron chi connectivity index (χ3n) is 7.28. The van der Waals surface area contributed by atoms with E-state index in [4.69, 9.17) is 9.47 Å². The van der Waals surface area contributed by atoms with Crippen LogP contribution in [0.25, 0.3) is 0 Å². The topological polar surface area (TPSA) is 67.9 Å². The van der Waals surface area contributed by atoms with Gasteiger partial charge in [0.05, 0.1) is 31.6 Å². The molecule has 1 heterocycles. The summed E-state index contributed by atoms with van der Waals surface area (Å²) in [5.41, 5.74) is 4.39. The fourth-order valence-electron chi connectivity index (χ4n) is 5.41. The van der Waals surface area contributed by atoms with Gasteiger partial charge in [0, 0.05) is 23.6 Å². The van der Waals surface area contributed by atoms with Crippen molar-refractivity contribution in [1.82, 2.24) is 0 Å². The molecular weight excluding hydrogens is 483 g/mol. The minimum absolute atomic E-state index is 0.0535. The third-order valence-corrected chi connectivity index (χ3v) is 7.28. The van der Waals surface area contributed by atoms with Gasteiger partial charge >= 0.3 is 0 Å². The highest BCUT2D eigenvalue weighted by Gasteiger charge is 2.42. The maximum atomic E-state index is 14.0. The van der Waals surface area contributed by atoms with Crippen LogP contribution in [0.4, 0.5) is 15.8 Å². The normalized spacial score (nSPS) is 18.9. The average Bonchev–Trinajstić information content (AvgIpc) is 3.07. The van der Waals surface area contributed by atoms with Crippen LogP contribution >= 0.6 is 0 Å². The van der Waals surface area contributed by atoms with Gasteiger partial charge in [0.2, 0.25) is 5.91 Å². The van der Waals surface area contributed by atoms with E-state index in [1.807, 2.05) is 56.3 Å². The summed E-state index contributed by atoms with van der Waals surface area (Å²) in [5.74, 6) is 0.279. The number of para-hydroxylation sites is 2. The van der Waals surface area contributed by atoms with Crippen LogP contribution in [0.5, 0.6) is 11.5 Å². The molecule has 196 valence electrons. The molecule has 1 N–H and O–H groups in total. The molecule has 5 rings (SSSR count). The van der Waals surface area contributed by atoms with Crippen molar-refractivity contribution in [2.75, 3.05) is 24.4 Å². The van der Waals surface area contributed by atoms with E-state index in [9.17, 15) is 14.0 Å². The first-order valence-electron chi connectivity index (χ1n) is 12.7. The zero-order valence-corrected chi connectivity index (χ0v) is 22.0. The molecule has 2 atom stereocenters. The molecule has 2 aliphatic rings. The van der Waals surface area contributed by atoms with E-state index in [0.717, 1.165) is 16.9 Å². The predicted molar refractivity (Wildman–Crippen MR) is 145 cm³/mol. The first-order chi connectivity index (χ1) is 18.3. The van der Waals surface area contributed by atoms with Crippen molar-refractivity contribution in [3.63, 3.8) is 0 Å². The number of methoxy groups -OCH3 is 2. The van der Waals surface area contributed by atoms with Gasteiger partial charge in [0.15, 0.2) is 17.3 Å². The van der Waals surface area contributed by atoms with Gasteiger partial charge in [-0.1, -0.05) is 44.2 Å². The number of ether oxygens (including phenoxy) is 2. The summed E-state index contributed by atoms with van der Waals surface area (Å²) in [6, 6.07) is 18.7. The third kappa shape index (κ3) is 4.53. The fraction of sp³-hybridized carbons (Fsp3) is 0.290. The number of hydrogen-bond donors (Lipinski definition) is 1. The molecule has 6 nitrogen and oxygen atoms in total. The van der Waals surface area contributed by atoms with Gasteiger partial charge in [0.25, 0.3) is 0 Å². The van der Waals surface area contributed by atoms with Crippen molar-refractivity contribution < 1.29 is 23.5 Å². The van der Waals surface area contributed by atoms with Gasteiger partial charge < -0.3 is 14.8 Å². The lowest BCUT2D eigenvalue weighted by Crippen LogP contribution is -2.40. The maximum Gasteiger partial charge on any atom is 0.230 e. The molecule has 3 aromatic carbocycles. The SMILES string of the molecule is COc1ccc([C@H]2CC(=O)C3=C(C2)Nc2ccccc2N(C(=O)C(C)C)[C@H]3c2ccc(F)cc2)cc1OC. The lowest BCUT2D eigenvalue weighted by atomic mass is 9.78. The van der Waals surface area contributed by atoms with E-state index >= 15 is 0 Å². The fourth-order valence-corrected chi connectivity index (χ4v) is 5.41. The second-order valence-corrected chi connectivity index (χ2v) is 9.99. The Hall–Kier alpha value is -4.13. The zero-order chi connectivity index (χ0) is 27.0. The summed E-state index contributed by atoms with van der Waals surface area (Å²) in [6.07, 6.45) is 0.833. The molecule has 7 heteroatoms. The van der Waals surface area contributed by atoms with Crippen LogP contribution in [0.1, 0.15) is 49.8 Å². The quantitative estimate of drug-likeness (QED) is 0.427. The van der Waals surface area contributed by atoms with Crippen molar-refractivity contribution in [1.29, 1.82) is 0 Å². The number of anilines is 2. The number of Topliss-reactive ketones (excluding diaryl/α,β-unsaturated/α-hetero) is 1. The maximum absolute atomic E-state index is 14.0. The molecule has 38 heavy (non-hydrogen) atoms. The van der Waals surface area contributed by atoms with Gasteiger partial charge in [-0.15, -0.1) is 0 Å². The van der Waals surface area contributed by atoms with Gasteiger partial charge in [-0.3, -0.25) is 14.5 Å². The van der Waals surface area contributed by atoms with Gasteiger partial charge in [-0.25, -0.2) is 4.39 Å². The average molecular weight is 515 g/mol. The van der Waals surface area contributed by atoms with Crippen molar-refractivity contribution in [3.05, 3.63) is 94.9 Å². The Bertz CT molecular complexity index is 1410. The summed E-state index contributed by atoms with van der Waals surface area (Å²) in [6.45, 7) is 3.69. The molecule has 0 saturated heterocycles. The second-order valence-electron chi connectivity index (χ2n) is 9.99. The van der Waals surface area contributed by atoms with Gasteiger partial charge in [-0.05, 0) is 59.9 Å². The Kier molecular flexibility index (Phi) is 6.93. The minimum Gasteiger partial charge on any atom is -0.493 e. The largest absolute Gasteiger partial charge is 0.493 e. The number of hydrogen-bond acceptors (Lipinski definition) is 5. The molecule has 1 amide bonds. The number of nitrogens with one attached hydrogen (secondary N) is 1. The molecule has 3 aromatic rings. The number of rotatable bonds is 5. The van der Waals surface area contributed by atoms with E-state index in [-0.39, 0.29) is 35.8 Å². The molecule has 0 radical (unpaired) electrons. The second kappa shape index (κ2) is 10.3. The summed E-state index contributed by atoms with van der Waals surface area (Å²) in [5, 5.41) is 3.51. The van der Waals surface area contributed by atoms with Crippen molar-refractivity contribution in [2.24, 2.45) is 5.92 Å². The van der Waals surface area contributed by atoms with Gasteiger partial charge in [0.1, 0.15) is 5.82 Å². The van der Waals surface area contributed by atoms with E-state index in [1.54, 1.807) is 31.3 Å². The number of carbonyl (C=O) groups excluding carboxylic acids is 2. The number of ketones is 1. The van der Waals surface area contributed by atoms with Crippen LogP contribution in [0.3, 0.4) is 0 Å². The first-order valence-corrected chi connectivity index (χ1v) is 12.7. The smallest absolute Gasteiger partial charge is 0.230 e. The minimum atomic E-state index is -0.685. The predicted octanol–water partition coefficient (Wildman–Crippen LogP) is 6.40. The van der Waals surface area contributed by atoms with Gasteiger partial charge in [-0.2, -0.15) is 0 Å². The van der Waals surface area contributed by atoms with Crippen LogP contribution < -0.4 is 19.7 Å². The number of carbonyl (C=O) groups is 2. The monoisotopic (exact) mass is 514 g/mol. The lowest BCUT2D eigenvalue weighted by molar-refractivity contribution is -0.121. The van der Waals surface area contributed by atoms with E-state index in [0.29, 0.717) is 34.7 Å². The molecule has 0 saturated carbocycles. The number of benzene rings is 3. The van der Waals surface area contributed by atoms with Crippen molar-refractivity contribution >= 4 is 23.1 Å². The standard InChI is InChI=1S/C31H31FN2O4/c1-18(2)31(36)34-25-8-6-5-7-23(25)33-24-15-21(20-11-14-27(37-3)28(17-20)38-4)16-26(35)29(24)30(34)19-9-12-22(32)13-10-19/h5-14,17-18,21,30,33H,15-16H2,1-4H3/t21-,30+/m1/s1. The summed E-state index contributed by atoms with van der Waals surface area (Å²) in [4.78, 5) is 29.4. The number of amides is 1. The molecule has 0 aromatic heterocycles. The molecule has 1 aliphatic carbocycles. The Balaban J connectivity index is 1.68. The van der Waals surface area contributed by atoms with Crippen molar-refractivity contribution in [2.45, 2.75) is 38.6 Å². The zero-order valence-electron chi connectivity index (χ0n) is 22.0.